The van der Waals surface area contributed by atoms with E-state index in [1.165, 1.54) is 0 Å². The third-order valence-electron chi connectivity index (χ3n) is 2.24. The molecule has 0 spiro atoms. The standard InChI is InChI=1S/C12H27O4P.H3OPS3/c1-4-7-10-14-17(13,15-11-8-5-2)16-12-9-6-3;1-2(3,4)5/h4-12H2,1-3H3;(H3,1,3,4,5). The molecule has 0 unspecified atom stereocenters. The molecule has 1 N–H and O–H groups in total. The zero-order valence-electron chi connectivity index (χ0n) is 13.6. The SMILES string of the molecule is CCCCOP(=O)(OCCCC)OCCCC.OP(=S)(S)S. The van der Waals surface area contributed by atoms with Crippen LogP contribution in [0.5, 0.6) is 0 Å². The first-order valence-corrected chi connectivity index (χ1v) is 14.0. The first kappa shape index (κ1) is 25.7. The maximum absolute atomic E-state index is 12.2. The molecule has 0 radical (unpaired) electrons. The van der Waals surface area contributed by atoms with E-state index in [1.807, 2.05) is 0 Å². The van der Waals surface area contributed by atoms with Crippen LogP contribution in [-0.2, 0) is 29.9 Å². The van der Waals surface area contributed by atoms with Crippen LogP contribution in [0.4, 0.5) is 0 Å². The van der Waals surface area contributed by atoms with Gasteiger partial charge in [-0.05, 0) is 31.1 Å². The second kappa shape index (κ2) is 15.9. The van der Waals surface area contributed by atoms with Gasteiger partial charge in [-0.15, -0.1) is 24.5 Å². The highest BCUT2D eigenvalue weighted by Crippen LogP contribution is 2.50. The van der Waals surface area contributed by atoms with E-state index in [-0.39, 0.29) is 0 Å². The summed E-state index contributed by atoms with van der Waals surface area (Å²) in [6.45, 7) is 7.49. The Balaban J connectivity index is 0. The fourth-order valence-corrected chi connectivity index (χ4v) is 2.36. The predicted molar refractivity (Wildman–Crippen MR) is 105 cm³/mol. The van der Waals surface area contributed by atoms with Gasteiger partial charge in [0, 0.05) is 0 Å². The molecule has 0 saturated carbocycles. The first-order valence-electron chi connectivity index (χ1n) is 7.50. The van der Waals surface area contributed by atoms with Gasteiger partial charge in [0.25, 0.3) is 0 Å². The van der Waals surface area contributed by atoms with E-state index in [2.05, 4.69) is 57.1 Å². The lowest BCUT2D eigenvalue weighted by molar-refractivity contribution is 0.110. The van der Waals surface area contributed by atoms with E-state index in [0.717, 1.165) is 38.5 Å². The Bertz CT molecular complexity index is 297. The second-order valence-corrected chi connectivity index (χ2v) is 14.8. The molecule has 0 amide bonds. The molecule has 0 aliphatic rings. The molecule has 0 aromatic rings. The highest BCUT2D eigenvalue weighted by Gasteiger charge is 2.25. The van der Waals surface area contributed by atoms with Gasteiger partial charge in [-0.25, -0.2) is 4.57 Å². The molecule has 0 heterocycles. The third kappa shape index (κ3) is 23.7. The molecular formula is C12H30O5P2S3. The maximum Gasteiger partial charge on any atom is 0.474 e. The summed E-state index contributed by atoms with van der Waals surface area (Å²) in [5, 5.41) is 0. The number of thiol groups is 2. The minimum Gasteiger partial charge on any atom is -0.350 e. The van der Waals surface area contributed by atoms with Crippen LogP contribution >= 0.6 is 37.0 Å². The monoisotopic (exact) mass is 412 g/mol. The summed E-state index contributed by atoms with van der Waals surface area (Å²) in [5.41, 5.74) is 0. The van der Waals surface area contributed by atoms with Crippen molar-refractivity contribution in [1.82, 2.24) is 0 Å². The van der Waals surface area contributed by atoms with Crippen molar-refractivity contribution in [3.05, 3.63) is 0 Å². The Hall–Kier alpha value is 1.42. The molecule has 10 heteroatoms. The molecular weight excluding hydrogens is 382 g/mol. The van der Waals surface area contributed by atoms with Crippen LogP contribution in [0.1, 0.15) is 59.3 Å². The van der Waals surface area contributed by atoms with Gasteiger partial charge in [-0.2, -0.15) is 0 Å². The molecule has 0 rings (SSSR count). The van der Waals surface area contributed by atoms with E-state index in [0.29, 0.717) is 19.8 Å². The lowest BCUT2D eigenvalue weighted by Crippen LogP contribution is -2.03. The minimum absolute atomic E-state index is 0.437. The van der Waals surface area contributed by atoms with E-state index in [1.54, 1.807) is 0 Å². The third-order valence-corrected chi connectivity index (χ3v) is 3.74. The van der Waals surface area contributed by atoms with Gasteiger partial charge in [0.15, 0.2) is 4.67 Å². The van der Waals surface area contributed by atoms with E-state index < -0.39 is 12.5 Å². The molecule has 136 valence electrons. The molecule has 0 bridgehead atoms. The lowest BCUT2D eigenvalue weighted by Gasteiger charge is -2.17. The Morgan fingerprint density at radius 2 is 1.09 bits per heavy atom. The molecule has 22 heavy (non-hydrogen) atoms. The maximum atomic E-state index is 12.2. The zero-order chi connectivity index (χ0) is 17.5. The average molecular weight is 413 g/mol. The van der Waals surface area contributed by atoms with E-state index in [9.17, 15) is 4.57 Å². The summed E-state index contributed by atoms with van der Waals surface area (Å²) < 4.78 is 25.6. The highest BCUT2D eigenvalue weighted by molar-refractivity contribution is 8.90. The number of rotatable bonds is 12. The van der Waals surface area contributed by atoms with Crippen molar-refractivity contribution < 1.29 is 23.0 Å². The average Bonchev–Trinajstić information content (AvgIpc) is 2.38. The summed E-state index contributed by atoms with van der Waals surface area (Å²) in [4.78, 5) is 8.18. The second-order valence-electron chi connectivity index (χ2n) is 4.52. The van der Waals surface area contributed by atoms with Gasteiger partial charge in [-0.3, -0.25) is 13.6 Å². The minimum atomic E-state index is -3.31. The van der Waals surface area contributed by atoms with Crippen LogP contribution in [0.3, 0.4) is 0 Å². The predicted octanol–water partition coefficient (Wildman–Crippen LogP) is 5.61. The Labute approximate surface area is 150 Å². The van der Waals surface area contributed by atoms with Crippen molar-refractivity contribution in [1.29, 1.82) is 0 Å². The van der Waals surface area contributed by atoms with Crippen molar-refractivity contribution in [3.63, 3.8) is 0 Å². The molecule has 0 atom stereocenters. The van der Waals surface area contributed by atoms with Gasteiger partial charge < -0.3 is 4.89 Å². The van der Waals surface area contributed by atoms with Crippen LogP contribution in [0, 0.1) is 0 Å². The lowest BCUT2D eigenvalue weighted by atomic mass is 10.4. The van der Waals surface area contributed by atoms with Crippen molar-refractivity contribution in [3.8, 4) is 0 Å². The number of hydrogen-bond donors (Lipinski definition) is 3. The smallest absolute Gasteiger partial charge is 0.350 e. The van der Waals surface area contributed by atoms with Gasteiger partial charge >= 0.3 is 7.82 Å². The number of phosphoric ester groups is 1. The topological polar surface area (TPSA) is 65.0 Å². The summed E-state index contributed by atoms with van der Waals surface area (Å²) in [6, 6.07) is 0. The Morgan fingerprint density at radius 3 is 1.27 bits per heavy atom. The normalized spacial score (nSPS) is 11.9. The molecule has 0 aliphatic heterocycles. The summed E-state index contributed by atoms with van der Waals surface area (Å²) >= 11 is 11.2. The van der Waals surface area contributed by atoms with Gasteiger partial charge in [0.2, 0.25) is 0 Å². The number of phosphoric acid groups is 1. The van der Waals surface area contributed by atoms with Crippen molar-refractivity contribution >= 4 is 48.8 Å². The Morgan fingerprint density at radius 1 is 0.864 bits per heavy atom. The molecule has 0 saturated heterocycles. The quantitative estimate of drug-likeness (QED) is 0.220. The Kier molecular flexibility index (Phi) is 18.6. The van der Waals surface area contributed by atoms with Crippen LogP contribution in [0.15, 0.2) is 0 Å². The fraction of sp³-hybridized carbons (Fsp3) is 1.00. The summed E-state index contributed by atoms with van der Waals surface area (Å²) in [5.74, 6) is 0. The molecule has 0 fully saturated rings. The van der Waals surface area contributed by atoms with Crippen molar-refractivity contribution in [2.24, 2.45) is 0 Å². The van der Waals surface area contributed by atoms with Crippen LogP contribution < -0.4 is 0 Å². The van der Waals surface area contributed by atoms with Crippen LogP contribution in [-0.4, -0.2) is 24.7 Å². The van der Waals surface area contributed by atoms with Crippen molar-refractivity contribution in [2.45, 2.75) is 59.3 Å². The summed E-state index contributed by atoms with van der Waals surface area (Å²) in [7, 11) is -3.31. The fourth-order valence-electron chi connectivity index (χ4n) is 1.07. The van der Waals surface area contributed by atoms with Gasteiger partial charge in [-0.1, -0.05) is 40.0 Å². The molecule has 5 nitrogen and oxygen atoms in total. The first-order chi connectivity index (χ1) is 10.2. The van der Waals surface area contributed by atoms with E-state index in [4.69, 9.17) is 18.5 Å². The van der Waals surface area contributed by atoms with Gasteiger partial charge in [0.05, 0.1) is 19.8 Å². The molecule has 0 aromatic heterocycles. The van der Waals surface area contributed by atoms with Crippen LogP contribution in [0.2, 0.25) is 0 Å². The largest absolute Gasteiger partial charge is 0.474 e. The van der Waals surface area contributed by atoms with Crippen molar-refractivity contribution in [2.75, 3.05) is 19.8 Å². The van der Waals surface area contributed by atoms with Crippen LogP contribution in [0.25, 0.3) is 0 Å². The molecule has 0 aliphatic carbocycles. The van der Waals surface area contributed by atoms with E-state index >= 15 is 0 Å². The van der Waals surface area contributed by atoms with Gasteiger partial charge in [0.1, 0.15) is 0 Å². The highest BCUT2D eigenvalue weighted by atomic mass is 33.2. The number of hydrogen-bond acceptors (Lipinski definition) is 5. The number of unbranched alkanes of at least 4 members (excludes halogenated alkanes) is 3. The summed E-state index contributed by atoms with van der Waals surface area (Å²) in [6.07, 6.45) is 5.63. The molecule has 0 aromatic carbocycles. The zero-order valence-corrected chi connectivity index (χ0v) is 18.0.